The molecular formula is C55H100N2O4. The highest BCUT2D eigenvalue weighted by molar-refractivity contribution is 5.96. The zero-order valence-corrected chi connectivity index (χ0v) is 40.9. The Labute approximate surface area is 378 Å². The molecule has 0 aliphatic carbocycles. The van der Waals surface area contributed by atoms with Gasteiger partial charge in [-0.2, -0.15) is 0 Å². The van der Waals surface area contributed by atoms with Crippen molar-refractivity contribution >= 4 is 29.7 Å². The highest BCUT2D eigenvalue weighted by Gasteiger charge is 2.21. The molecule has 2 N–H and O–H groups in total. The van der Waals surface area contributed by atoms with Crippen molar-refractivity contribution in [2.45, 2.75) is 285 Å². The molecule has 1 rings (SSSR count). The molecule has 6 heteroatoms. The standard InChI is InChI=1S/C55H100N2O4/c1-5-9-13-17-21-25-27-31-35-39-43-49(41-37-33-29-23-19-15-11-7-3)54(59)56-51-45-52(47-53(46-51)61-48-58)57-55(60)50(42-38-34-30-24-20-16-12-8-4)44-40-36-32-28-26-22-18-14-10-6-2/h45-50H,5-44H2,1-4H3,(H,56,59)(H,57,60). The van der Waals surface area contributed by atoms with Crippen molar-refractivity contribution in [1.82, 2.24) is 0 Å². The van der Waals surface area contributed by atoms with E-state index in [1.807, 2.05) is 6.07 Å². The van der Waals surface area contributed by atoms with Gasteiger partial charge in [-0.15, -0.1) is 0 Å². The highest BCUT2D eigenvalue weighted by atomic mass is 16.5. The quantitative estimate of drug-likeness (QED) is 0.0505. The van der Waals surface area contributed by atoms with Gasteiger partial charge in [0.1, 0.15) is 5.75 Å². The van der Waals surface area contributed by atoms with E-state index in [1.165, 1.54) is 205 Å². The summed E-state index contributed by atoms with van der Waals surface area (Å²) in [7, 11) is 0. The summed E-state index contributed by atoms with van der Waals surface area (Å²) in [6, 6.07) is 5.25. The van der Waals surface area contributed by atoms with Crippen LogP contribution < -0.4 is 15.4 Å². The number of amides is 2. The second kappa shape index (κ2) is 42.9. The maximum atomic E-state index is 14.0. The van der Waals surface area contributed by atoms with E-state index < -0.39 is 0 Å². The topological polar surface area (TPSA) is 84.5 Å². The van der Waals surface area contributed by atoms with Gasteiger partial charge in [-0.3, -0.25) is 14.4 Å². The summed E-state index contributed by atoms with van der Waals surface area (Å²) in [4.78, 5) is 39.4. The number of unbranched alkanes of at least 4 members (excludes halogenated alkanes) is 32. The second-order valence-corrected chi connectivity index (χ2v) is 18.8. The van der Waals surface area contributed by atoms with Gasteiger partial charge in [0.2, 0.25) is 11.8 Å². The molecule has 1 aromatic carbocycles. The van der Waals surface area contributed by atoms with Crippen LogP contribution >= 0.6 is 0 Å². The summed E-state index contributed by atoms with van der Waals surface area (Å²) >= 11 is 0. The molecule has 0 aromatic heterocycles. The largest absolute Gasteiger partial charge is 0.429 e. The predicted octanol–water partition coefficient (Wildman–Crippen LogP) is 18.0. The van der Waals surface area contributed by atoms with E-state index >= 15 is 0 Å². The first-order chi connectivity index (χ1) is 30.0. The van der Waals surface area contributed by atoms with E-state index in [9.17, 15) is 14.4 Å². The number of carbonyl (C=O) groups is 3. The van der Waals surface area contributed by atoms with E-state index in [0.29, 0.717) is 23.6 Å². The predicted molar refractivity (Wildman–Crippen MR) is 265 cm³/mol. The Kier molecular flexibility index (Phi) is 39.8. The van der Waals surface area contributed by atoms with Gasteiger partial charge < -0.3 is 15.4 Å². The van der Waals surface area contributed by atoms with Crippen molar-refractivity contribution in [3.63, 3.8) is 0 Å². The number of carbonyl (C=O) groups excluding carboxylic acids is 3. The molecule has 354 valence electrons. The third-order valence-electron chi connectivity index (χ3n) is 13.0. The Balaban J connectivity index is 2.91. The number of nitrogens with one attached hydrogen (secondary N) is 2. The van der Waals surface area contributed by atoms with E-state index in [4.69, 9.17) is 4.74 Å². The maximum Gasteiger partial charge on any atom is 0.298 e. The summed E-state index contributed by atoms with van der Waals surface area (Å²) in [5.74, 6) is 0.285. The number of benzene rings is 1. The number of anilines is 2. The lowest BCUT2D eigenvalue weighted by atomic mass is 9.93. The lowest BCUT2D eigenvalue weighted by molar-refractivity contribution is -0.121. The van der Waals surface area contributed by atoms with Gasteiger partial charge in [0, 0.05) is 35.3 Å². The maximum absolute atomic E-state index is 14.0. The molecule has 0 heterocycles. The van der Waals surface area contributed by atoms with E-state index in [0.717, 1.165) is 51.4 Å². The fourth-order valence-electron chi connectivity index (χ4n) is 8.97. The van der Waals surface area contributed by atoms with Crippen LogP contribution in [0, 0.1) is 11.8 Å². The van der Waals surface area contributed by atoms with Crippen LogP contribution in [0.2, 0.25) is 0 Å². The van der Waals surface area contributed by atoms with Crippen LogP contribution in [0.25, 0.3) is 0 Å². The number of rotatable bonds is 46. The van der Waals surface area contributed by atoms with Crippen molar-refractivity contribution in [2.24, 2.45) is 11.8 Å². The Morgan fingerprint density at radius 2 is 0.623 bits per heavy atom. The number of hydrogen-bond acceptors (Lipinski definition) is 4. The molecule has 2 atom stereocenters. The van der Waals surface area contributed by atoms with Gasteiger partial charge >= 0.3 is 0 Å². The fourth-order valence-corrected chi connectivity index (χ4v) is 8.97. The van der Waals surface area contributed by atoms with Gasteiger partial charge in [0.05, 0.1) is 0 Å². The van der Waals surface area contributed by atoms with Gasteiger partial charge in [-0.1, -0.05) is 259 Å². The van der Waals surface area contributed by atoms with Crippen LogP contribution in [0.1, 0.15) is 285 Å². The van der Waals surface area contributed by atoms with Crippen LogP contribution in [-0.4, -0.2) is 18.3 Å². The van der Waals surface area contributed by atoms with Crippen molar-refractivity contribution in [2.75, 3.05) is 10.6 Å². The van der Waals surface area contributed by atoms with Crippen molar-refractivity contribution in [1.29, 1.82) is 0 Å². The Bertz CT molecular complexity index is 1070. The minimum Gasteiger partial charge on any atom is -0.429 e. The molecule has 2 amide bonds. The Morgan fingerprint density at radius 1 is 0.393 bits per heavy atom. The fraction of sp³-hybridized carbons (Fsp3) is 0.836. The minimum absolute atomic E-state index is 0.0351. The number of hydrogen-bond donors (Lipinski definition) is 2. The molecule has 0 bridgehead atoms. The van der Waals surface area contributed by atoms with Crippen LogP contribution in [0.4, 0.5) is 11.4 Å². The summed E-state index contributed by atoms with van der Waals surface area (Å²) in [5.41, 5.74) is 1.14. The third kappa shape index (κ3) is 33.8. The molecule has 0 aliphatic rings. The zero-order chi connectivity index (χ0) is 44.3. The van der Waals surface area contributed by atoms with Crippen molar-refractivity contribution in [3.8, 4) is 5.75 Å². The van der Waals surface area contributed by atoms with Gasteiger partial charge in [-0.25, -0.2) is 0 Å². The van der Waals surface area contributed by atoms with E-state index in [2.05, 4.69) is 38.3 Å². The molecule has 0 fully saturated rings. The highest BCUT2D eigenvalue weighted by Crippen LogP contribution is 2.29. The van der Waals surface area contributed by atoms with Crippen LogP contribution in [0.5, 0.6) is 5.75 Å². The molecule has 61 heavy (non-hydrogen) atoms. The molecule has 0 radical (unpaired) electrons. The normalized spacial score (nSPS) is 12.3. The summed E-state index contributed by atoms with van der Waals surface area (Å²) < 4.78 is 5.32. The summed E-state index contributed by atoms with van der Waals surface area (Å²) in [6.45, 7) is 9.48. The van der Waals surface area contributed by atoms with Crippen LogP contribution in [-0.2, 0) is 14.4 Å². The molecular weight excluding hydrogens is 753 g/mol. The molecule has 0 saturated heterocycles. The van der Waals surface area contributed by atoms with Gasteiger partial charge in [-0.05, 0) is 31.7 Å². The first-order valence-electron chi connectivity index (χ1n) is 26.9. The average Bonchev–Trinajstić information content (AvgIpc) is 3.25. The SMILES string of the molecule is CCCCCCCCCCCCC(CCCCCCCCCC)C(=O)Nc1cc(NC(=O)C(CCCCCCCCCC)CCCCCCCCCCCC)cc(OC=O)c1. The first-order valence-corrected chi connectivity index (χ1v) is 26.9. The summed E-state index contributed by atoms with van der Waals surface area (Å²) in [6.07, 6.45) is 49.2. The first kappa shape index (κ1) is 56.6. The lowest BCUT2D eigenvalue weighted by Crippen LogP contribution is -2.24. The van der Waals surface area contributed by atoms with Gasteiger partial charge in [0.25, 0.3) is 6.47 Å². The molecule has 1 aromatic rings. The Hall–Kier alpha value is -2.37. The molecule has 0 spiro atoms. The van der Waals surface area contributed by atoms with Gasteiger partial charge in [0.15, 0.2) is 0 Å². The van der Waals surface area contributed by atoms with Crippen molar-refractivity contribution < 1.29 is 19.1 Å². The van der Waals surface area contributed by atoms with Crippen LogP contribution in [0.15, 0.2) is 18.2 Å². The second-order valence-electron chi connectivity index (χ2n) is 18.8. The molecule has 0 saturated carbocycles. The average molecular weight is 853 g/mol. The van der Waals surface area contributed by atoms with E-state index in [-0.39, 0.29) is 23.7 Å². The smallest absolute Gasteiger partial charge is 0.298 e. The van der Waals surface area contributed by atoms with Crippen molar-refractivity contribution in [3.05, 3.63) is 18.2 Å². The monoisotopic (exact) mass is 853 g/mol. The zero-order valence-electron chi connectivity index (χ0n) is 40.9. The minimum atomic E-state index is -0.0556. The van der Waals surface area contributed by atoms with Crippen LogP contribution in [0.3, 0.4) is 0 Å². The van der Waals surface area contributed by atoms with E-state index in [1.54, 1.807) is 12.1 Å². The number of ether oxygens (including phenoxy) is 1. The molecule has 0 aliphatic heterocycles. The lowest BCUT2D eigenvalue weighted by Gasteiger charge is -2.19. The molecule has 6 nitrogen and oxygen atoms in total. The Morgan fingerprint density at radius 3 is 0.852 bits per heavy atom. The third-order valence-corrected chi connectivity index (χ3v) is 13.0. The molecule has 2 unspecified atom stereocenters. The summed E-state index contributed by atoms with van der Waals surface area (Å²) in [5, 5.41) is 6.39.